The van der Waals surface area contributed by atoms with Crippen LogP contribution in [0.15, 0.2) is 89.9 Å². The van der Waals surface area contributed by atoms with Crippen LogP contribution in [-0.2, 0) is 0 Å². The fourth-order valence-corrected chi connectivity index (χ4v) is 5.49. The average Bonchev–Trinajstić information content (AvgIpc) is 3.43. The van der Waals surface area contributed by atoms with Gasteiger partial charge in [0.25, 0.3) is 0 Å². The maximum absolute atomic E-state index is 6.66. The first kappa shape index (κ1) is 18.3. The van der Waals surface area contributed by atoms with Crippen molar-refractivity contribution in [2.45, 2.75) is 6.92 Å². The van der Waals surface area contributed by atoms with E-state index in [1.54, 1.807) is 0 Å². The molecule has 5 aromatic carbocycles. The molecule has 156 valence electrons. The highest BCUT2D eigenvalue weighted by atomic mass is 16.3. The maximum atomic E-state index is 6.66. The Morgan fingerprint density at radius 2 is 1.42 bits per heavy atom. The van der Waals surface area contributed by atoms with Crippen LogP contribution in [0.25, 0.3) is 77.4 Å². The van der Waals surface area contributed by atoms with E-state index < -0.39 is 0 Å². The van der Waals surface area contributed by atoms with Crippen LogP contribution >= 0.6 is 0 Å². The minimum atomic E-state index is 0.901. The summed E-state index contributed by atoms with van der Waals surface area (Å²) in [6.07, 6.45) is 6.19. The zero-order valence-corrected chi connectivity index (χ0v) is 18.3. The van der Waals surface area contributed by atoms with Gasteiger partial charge < -0.3 is 9.40 Å². The molecule has 0 saturated carbocycles. The summed E-state index contributed by atoms with van der Waals surface area (Å²) in [4.78, 5) is 3.75. The smallest absolute Gasteiger partial charge is 0.145 e. The van der Waals surface area contributed by atoms with Crippen LogP contribution in [0, 0.1) is 0 Å². The van der Waals surface area contributed by atoms with Gasteiger partial charge in [0.1, 0.15) is 11.2 Å². The highest BCUT2D eigenvalue weighted by molar-refractivity contribution is 6.32. The molecule has 2 aromatic heterocycles. The molecule has 0 amide bonds. The predicted octanol–water partition coefficient (Wildman–Crippen LogP) is 9.20. The quantitative estimate of drug-likeness (QED) is 0.295. The zero-order valence-electron chi connectivity index (χ0n) is 18.3. The molecular weight excluding hydrogens is 402 g/mol. The van der Waals surface area contributed by atoms with Crippen LogP contribution in [0.3, 0.4) is 0 Å². The average molecular weight is 424 g/mol. The molecule has 0 fully saturated rings. The molecule has 0 aliphatic carbocycles. The highest BCUT2D eigenvalue weighted by Crippen LogP contribution is 2.45. The molecular formula is C31H21NO. The summed E-state index contributed by atoms with van der Waals surface area (Å²) in [5.41, 5.74) is 6.23. The van der Waals surface area contributed by atoms with E-state index in [9.17, 15) is 0 Å². The van der Waals surface area contributed by atoms with Gasteiger partial charge in [-0.25, -0.2) is 0 Å². The summed E-state index contributed by atoms with van der Waals surface area (Å²) >= 11 is 0. The number of hydrogen-bond donors (Lipinski definition) is 1. The summed E-state index contributed by atoms with van der Waals surface area (Å²) < 4.78 is 6.66. The lowest BCUT2D eigenvalue weighted by atomic mass is 9.94. The Bertz CT molecular complexity index is 1950. The molecule has 7 aromatic rings. The Hall–Kier alpha value is -4.30. The van der Waals surface area contributed by atoms with Crippen molar-refractivity contribution >= 4 is 77.4 Å². The van der Waals surface area contributed by atoms with Gasteiger partial charge in [0, 0.05) is 32.6 Å². The van der Waals surface area contributed by atoms with E-state index in [1.165, 1.54) is 26.9 Å². The Morgan fingerprint density at radius 1 is 0.697 bits per heavy atom. The topological polar surface area (TPSA) is 28.9 Å². The van der Waals surface area contributed by atoms with E-state index in [1.807, 2.05) is 13.0 Å². The van der Waals surface area contributed by atoms with E-state index in [-0.39, 0.29) is 0 Å². The van der Waals surface area contributed by atoms with Gasteiger partial charge in [-0.3, -0.25) is 0 Å². The zero-order chi connectivity index (χ0) is 22.1. The van der Waals surface area contributed by atoms with Crippen molar-refractivity contribution in [1.82, 2.24) is 4.98 Å². The van der Waals surface area contributed by atoms with Crippen molar-refractivity contribution in [1.29, 1.82) is 0 Å². The number of allylic oxidation sites excluding steroid dienone is 1. The minimum Gasteiger partial charge on any atom is -0.455 e. The first-order valence-corrected chi connectivity index (χ1v) is 11.3. The number of nitrogens with one attached hydrogen (secondary N) is 1. The van der Waals surface area contributed by atoms with Gasteiger partial charge in [0.2, 0.25) is 0 Å². The van der Waals surface area contributed by atoms with Crippen molar-refractivity contribution in [3.05, 3.63) is 96.6 Å². The third-order valence-electron chi connectivity index (χ3n) is 6.86. The molecule has 0 bridgehead atoms. The fourth-order valence-electron chi connectivity index (χ4n) is 5.49. The molecule has 0 radical (unpaired) electrons. The van der Waals surface area contributed by atoms with Crippen LogP contribution in [0.4, 0.5) is 0 Å². The summed E-state index contributed by atoms with van der Waals surface area (Å²) in [5.74, 6) is 0. The normalized spacial score (nSPS) is 12.4. The molecule has 1 N–H and O–H groups in total. The number of aromatic nitrogens is 1. The van der Waals surface area contributed by atoms with E-state index in [4.69, 9.17) is 4.42 Å². The SMILES string of the molecule is C=Cc1c(/C=C\C)c2oc3c4ccccc4ccc3c2c2[nH]c3ccc4ccccc4c3c12. The number of hydrogen-bond acceptors (Lipinski definition) is 1. The molecule has 0 spiro atoms. The predicted molar refractivity (Wildman–Crippen MR) is 143 cm³/mol. The van der Waals surface area contributed by atoms with Crippen molar-refractivity contribution in [3.8, 4) is 0 Å². The van der Waals surface area contributed by atoms with Gasteiger partial charge in [-0.05, 0) is 40.8 Å². The van der Waals surface area contributed by atoms with Crippen LogP contribution in [0.1, 0.15) is 18.1 Å². The van der Waals surface area contributed by atoms with Gasteiger partial charge >= 0.3 is 0 Å². The lowest BCUT2D eigenvalue weighted by Crippen LogP contribution is -1.86. The number of fused-ring (bicyclic) bond motifs is 11. The Labute approximate surface area is 190 Å². The molecule has 0 saturated heterocycles. The van der Waals surface area contributed by atoms with Gasteiger partial charge in [-0.2, -0.15) is 0 Å². The molecule has 0 aliphatic rings. The van der Waals surface area contributed by atoms with Crippen molar-refractivity contribution in [3.63, 3.8) is 0 Å². The number of aromatic amines is 1. The van der Waals surface area contributed by atoms with E-state index in [2.05, 4.69) is 96.5 Å². The summed E-state index contributed by atoms with van der Waals surface area (Å²) in [6, 6.07) is 25.7. The fraction of sp³-hybridized carbons (Fsp3) is 0.0323. The van der Waals surface area contributed by atoms with Gasteiger partial charge in [-0.15, -0.1) is 0 Å². The lowest BCUT2D eigenvalue weighted by molar-refractivity contribution is 0.672. The molecule has 0 unspecified atom stereocenters. The third kappa shape index (κ3) is 2.33. The first-order chi connectivity index (χ1) is 16.3. The number of H-pyrrole nitrogens is 1. The summed E-state index contributed by atoms with van der Waals surface area (Å²) in [6.45, 7) is 6.26. The molecule has 7 rings (SSSR count). The Kier molecular flexibility index (Phi) is 3.66. The van der Waals surface area contributed by atoms with E-state index in [0.29, 0.717) is 0 Å². The molecule has 2 nitrogen and oxygen atoms in total. The standard InChI is InChI=1S/C31H21NO/c1-3-9-23-20(4-2)27-26-21-12-7-5-10-18(21)15-17-25(26)32-29(27)28-24-16-14-19-11-6-8-13-22(19)30(24)33-31(23)28/h3-17,32H,2H2,1H3/b9-3-. The van der Waals surface area contributed by atoms with Gasteiger partial charge in [0.05, 0.1) is 10.9 Å². The minimum absolute atomic E-state index is 0.901. The van der Waals surface area contributed by atoms with Crippen molar-refractivity contribution in [2.24, 2.45) is 0 Å². The van der Waals surface area contributed by atoms with Crippen LogP contribution in [-0.4, -0.2) is 4.98 Å². The molecule has 0 atom stereocenters. The van der Waals surface area contributed by atoms with E-state index >= 15 is 0 Å². The molecule has 2 heteroatoms. The first-order valence-electron chi connectivity index (χ1n) is 11.3. The number of rotatable bonds is 2. The van der Waals surface area contributed by atoms with E-state index in [0.717, 1.165) is 49.5 Å². The number of furan rings is 1. The Balaban J connectivity index is 1.84. The highest BCUT2D eigenvalue weighted by Gasteiger charge is 2.22. The summed E-state index contributed by atoms with van der Waals surface area (Å²) in [7, 11) is 0. The second-order valence-corrected chi connectivity index (χ2v) is 8.59. The van der Waals surface area contributed by atoms with Crippen molar-refractivity contribution in [2.75, 3.05) is 0 Å². The van der Waals surface area contributed by atoms with Crippen LogP contribution < -0.4 is 0 Å². The largest absolute Gasteiger partial charge is 0.455 e. The molecule has 2 heterocycles. The number of benzene rings is 5. The van der Waals surface area contributed by atoms with Gasteiger partial charge in [-0.1, -0.05) is 85.5 Å². The molecule has 0 aliphatic heterocycles. The second kappa shape index (κ2) is 6.60. The van der Waals surface area contributed by atoms with Crippen LogP contribution in [0.2, 0.25) is 0 Å². The van der Waals surface area contributed by atoms with Gasteiger partial charge in [0.15, 0.2) is 0 Å². The van der Waals surface area contributed by atoms with Crippen molar-refractivity contribution < 1.29 is 4.42 Å². The summed E-state index contributed by atoms with van der Waals surface area (Å²) in [5, 5.41) is 9.49. The lowest BCUT2D eigenvalue weighted by Gasteiger charge is -2.07. The monoisotopic (exact) mass is 423 g/mol. The third-order valence-corrected chi connectivity index (χ3v) is 6.86. The molecule has 33 heavy (non-hydrogen) atoms. The second-order valence-electron chi connectivity index (χ2n) is 8.59. The van der Waals surface area contributed by atoms with Crippen LogP contribution in [0.5, 0.6) is 0 Å². The maximum Gasteiger partial charge on any atom is 0.145 e. The Morgan fingerprint density at radius 3 is 2.21 bits per heavy atom.